The first-order chi connectivity index (χ1) is 20.1. The van der Waals surface area contributed by atoms with Crippen LogP contribution in [0.3, 0.4) is 0 Å². The molecule has 2 amide bonds. The number of nitrogens with one attached hydrogen (secondary N) is 1. The van der Waals surface area contributed by atoms with Crippen molar-refractivity contribution in [1.29, 1.82) is 0 Å². The monoisotopic (exact) mass is 597 g/mol. The summed E-state index contributed by atoms with van der Waals surface area (Å²) in [5.74, 6) is -0.273. The molecule has 0 radical (unpaired) electrons. The molecule has 0 spiro atoms. The summed E-state index contributed by atoms with van der Waals surface area (Å²) in [6.45, 7) is 4.99. The summed E-state index contributed by atoms with van der Waals surface area (Å²) in [5, 5.41) is 8.02. The van der Waals surface area contributed by atoms with Gasteiger partial charge in [-0.15, -0.1) is 0 Å². The minimum atomic E-state index is -3.73. The Morgan fingerprint density at radius 3 is 2.38 bits per heavy atom. The van der Waals surface area contributed by atoms with Crippen LogP contribution in [0.1, 0.15) is 38.2 Å². The van der Waals surface area contributed by atoms with Gasteiger partial charge >= 0.3 is 0 Å². The van der Waals surface area contributed by atoms with Gasteiger partial charge in [-0.25, -0.2) is 13.6 Å². The molecule has 0 aromatic heterocycles. The van der Waals surface area contributed by atoms with Crippen molar-refractivity contribution in [1.82, 2.24) is 5.32 Å². The third kappa shape index (κ3) is 6.82. The third-order valence-corrected chi connectivity index (χ3v) is 9.09. The van der Waals surface area contributed by atoms with Gasteiger partial charge in [-0.2, -0.15) is 0 Å². The Hall–Kier alpha value is -4.18. The lowest BCUT2D eigenvalue weighted by Crippen LogP contribution is -2.34. The molecule has 3 N–H and O–H groups in total. The van der Waals surface area contributed by atoms with E-state index in [4.69, 9.17) is 5.14 Å². The SMILES string of the molecule is Cc1ccc(C)c(CN2C(=O)/C(=C/c3ccc(C(=O)NCCc4ccc(S(N)(=O)=O)cc4)cc3)Sc3ccccc32)c1. The number of carbonyl (C=O) groups is 2. The number of carbonyl (C=O) groups excluding carboxylic acids is 2. The maximum Gasteiger partial charge on any atom is 0.265 e. The second-order valence-corrected chi connectivity index (χ2v) is 12.9. The van der Waals surface area contributed by atoms with Crippen LogP contribution in [-0.2, 0) is 27.8 Å². The van der Waals surface area contributed by atoms with Crippen LogP contribution in [0, 0.1) is 13.8 Å². The van der Waals surface area contributed by atoms with E-state index in [9.17, 15) is 18.0 Å². The quantitative estimate of drug-likeness (QED) is 0.257. The summed E-state index contributed by atoms with van der Waals surface area (Å²) < 4.78 is 22.8. The second-order valence-electron chi connectivity index (χ2n) is 10.2. The first kappa shape index (κ1) is 29.3. The number of nitrogens with zero attached hydrogens (tertiary/aromatic N) is 1. The maximum atomic E-state index is 13.7. The number of nitrogens with two attached hydrogens (primary N) is 1. The van der Waals surface area contributed by atoms with Crippen molar-refractivity contribution in [3.63, 3.8) is 0 Å². The Morgan fingerprint density at radius 2 is 1.67 bits per heavy atom. The number of amides is 2. The van der Waals surface area contributed by atoms with E-state index < -0.39 is 10.0 Å². The fraction of sp³-hybridized carbons (Fsp3) is 0.152. The Morgan fingerprint density at radius 1 is 0.952 bits per heavy atom. The summed E-state index contributed by atoms with van der Waals surface area (Å²) in [7, 11) is -3.73. The summed E-state index contributed by atoms with van der Waals surface area (Å²) in [5.41, 5.74) is 6.52. The molecule has 0 fully saturated rings. The average molecular weight is 598 g/mol. The number of anilines is 1. The van der Waals surface area contributed by atoms with Crippen LogP contribution in [0.2, 0.25) is 0 Å². The fourth-order valence-electron chi connectivity index (χ4n) is 4.71. The molecule has 42 heavy (non-hydrogen) atoms. The number of para-hydroxylation sites is 1. The van der Waals surface area contributed by atoms with Crippen molar-refractivity contribution in [2.75, 3.05) is 11.4 Å². The van der Waals surface area contributed by atoms with Gasteiger partial charge in [-0.05, 0) is 85.0 Å². The number of sulfonamides is 1. The van der Waals surface area contributed by atoms with Gasteiger partial charge in [0, 0.05) is 17.0 Å². The summed E-state index contributed by atoms with van der Waals surface area (Å²) in [6, 6.07) is 27.6. The second kappa shape index (κ2) is 12.4. The van der Waals surface area contributed by atoms with Gasteiger partial charge in [-0.1, -0.05) is 71.9 Å². The highest BCUT2D eigenvalue weighted by atomic mass is 32.2. The molecule has 7 nitrogen and oxygen atoms in total. The van der Waals surface area contributed by atoms with Crippen LogP contribution >= 0.6 is 11.8 Å². The zero-order chi connectivity index (χ0) is 29.9. The van der Waals surface area contributed by atoms with Gasteiger partial charge < -0.3 is 10.2 Å². The molecule has 1 aliphatic heterocycles. The largest absolute Gasteiger partial charge is 0.352 e. The zero-order valence-corrected chi connectivity index (χ0v) is 25.0. The molecule has 1 heterocycles. The van der Waals surface area contributed by atoms with E-state index in [0.29, 0.717) is 30.0 Å². The number of aryl methyl sites for hydroxylation is 2. The predicted octanol–water partition coefficient (Wildman–Crippen LogP) is 5.60. The summed E-state index contributed by atoms with van der Waals surface area (Å²) in [4.78, 5) is 29.9. The lowest BCUT2D eigenvalue weighted by atomic mass is 10.0. The van der Waals surface area contributed by atoms with Crippen LogP contribution in [0.5, 0.6) is 0 Å². The van der Waals surface area contributed by atoms with Crippen LogP contribution in [-0.4, -0.2) is 26.8 Å². The molecule has 0 aliphatic carbocycles. The molecule has 0 unspecified atom stereocenters. The van der Waals surface area contributed by atoms with Gasteiger partial charge in [0.1, 0.15) is 0 Å². The van der Waals surface area contributed by atoms with Crippen molar-refractivity contribution < 1.29 is 18.0 Å². The van der Waals surface area contributed by atoms with E-state index >= 15 is 0 Å². The van der Waals surface area contributed by atoms with Crippen molar-refractivity contribution in [2.45, 2.75) is 36.6 Å². The van der Waals surface area contributed by atoms with Crippen molar-refractivity contribution in [2.24, 2.45) is 5.14 Å². The van der Waals surface area contributed by atoms with E-state index in [-0.39, 0.29) is 16.7 Å². The van der Waals surface area contributed by atoms with Gasteiger partial charge in [0.2, 0.25) is 10.0 Å². The molecule has 0 bridgehead atoms. The van der Waals surface area contributed by atoms with Gasteiger partial charge in [0.05, 0.1) is 22.0 Å². The minimum absolute atomic E-state index is 0.0527. The topological polar surface area (TPSA) is 110 Å². The first-order valence-corrected chi connectivity index (χ1v) is 15.8. The highest BCUT2D eigenvalue weighted by Crippen LogP contribution is 2.42. The number of thioether (sulfide) groups is 1. The number of fused-ring (bicyclic) bond motifs is 1. The minimum Gasteiger partial charge on any atom is -0.352 e. The smallest absolute Gasteiger partial charge is 0.265 e. The molecule has 0 saturated heterocycles. The van der Waals surface area contributed by atoms with Crippen molar-refractivity contribution in [3.05, 3.63) is 129 Å². The van der Waals surface area contributed by atoms with Crippen LogP contribution < -0.4 is 15.4 Å². The number of benzene rings is 4. The highest BCUT2D eigenvalue weighted by molar-refractivity contribution is 8.04. The van der Waals surface area contributed by atoms with Gasteiger partial charge in [-0.3, -0.25) is 9.59 Å². The molecule has 0 saturated carbocycles. The Bertz CT molecular complexity index is 1780. The zero-order valence-electron chi connectivity index (χ0n) is 23.3. The molecule has 4 aromatic carbocycles. The van der Waals surface area contributed by atoms with E-state index in [1.54, 1.807) is 24.3 Å². The molecule has 5 rings (SSSR count). The standard InChI is InChI=1S/C33H31N3O4S2/c1-22-7-8-23(2)27(19-22)21-36-29-5-3-4-6-30(29)41-31(33(36)38)20-25-9-13-26(14-10-25)32(37)35-18-17-24-11-15-28(16-12-24)42(34,39)40/h3-16,19-20H,17-18,21H2,1-2H3,(H,35,37)(H2,34,39,40)/b31-20-. The molecule has 214 valence electrons. The van der Waals surface area contributed by atoms with Gasteiger partial charge in [0.25, 0.3) is 11.8 Å². The Kier molecular flexibility index (Phi) is 8.63. The van der Waals surface area contributed by atoms with Gasteiger partial charge in [0.15, 0.2) is 0 Å². The number of rotatable bonds is 8. The Balaban J connectivity index is 1.26. The van der Waals surface area contributed by atoms with Crippen molar-refractivity contribution in [3.8, 4) is 0 Å². The lowest BCUT2D eigenvalue weighted by Gasteiger charge is -2.31. The van der Waals surface area contributed by atoms with E-state index in [0.717, 1.165) is 38.4 Å². The summed E-state index contributed by atoms with van der Waals surface area (Å²) >= 11 is 1.45. The van der Waals surface area contributed by atoms with Crippen molar-refractivity contribution >= 4 is 45.4 Å². The first-order valence-electron chi connectivity index (χ1n) is 13.4. The normalized spacial score (nSPS) is 14.1. The third-order valence-electron chi connectivity index (χ3n) is 7.09. The van der Waals surface area contributed by atoms with E-state index in [2.05, 4.69) is 37.4 Å². The molecule has 4 aromatic rings. The predicted molar refractivity (Wildman–Crippen MR) is 168 cm³/mol. The van der Waals surface area contributed by atoms with Crippen LogP contribution in [0.25, 0.3) is 6.08 Å². The lowest BCUT2D eigenvalue weighted by molar-refractivity contribution is -0.114. The van der Waals surface area contributed by atoms with Crippen LogP contribution in [0.15, 0.2) is 106 Å². The van der Waals surface area contributed by atoms with E-state index in [1.807, 2.05) is 47.4 Å². The van der Waals surface area contributed by atoms with E-state index in [1.165, 1.54) is 23.9 Å². The maximum absolute atomic E-state index is 13.7. The fourth-order valence-corrected chi connectivity index (χ4v) is 6.28. The Labute approximate surface area is 250 Å². The summed E-state index contributed by atoms with van der Waals surface area (Å²) in [6.07, 6.45) is 2.41. The number of hydrogen-bond donors (Lipinski definition) is 2. The average Bonchev–Trinajstić information content (AvgIpc) is 2.97. The molecule has 9 heteroatoms. The molecular formula is C33H31N3O4S2. The molecule has 0 atom stereocenters. The molecular weight excluding hydrogens is 567 g/mol. The highest BCUT2D eigenvalue weighted by Gasteiger charge is 2.29. The van der Waals surface area contributed by atoms with Crippen LogP contribution in [0.4, 0.5) is 5.69 Å². The molecule has 1 aliphatic rings. The number of hydrogen-bond acceptors (Lipinski definition) is 5. The number of primary sulfonamides is 1.